The number of anilines is 1. The van der Waals surface area contributed by atoms with Gasteiger partial charge in [-0.25, -0.2) is 4.39 Å². The first-order chi connectivity index (χ1) is 15.3. The number of nitrogens with zero attached hydrogens (tertiary/aromatic N) is 2. The molecule has 2 aromatic carbocycles. The molecular weight excluding hydrogens is 477 g/mol. The molecule has 0 aliphatic carbocycles. The van der Waals surface area contributed by atoms with E-state index in [-0.39, 0.29) is 37.4 Å². The second-order valence-electron chi connectivity index (χ2n) is 7.33. The van der Waals surface area contributed by atoms with Gasteiger partial charge in [0.25, 0.3) is 5.91 Å². The molecule has 1 fully saturated rings. The Balaban J connectivity index is 1.67. The minimum absolute atomic E-state index is 0.0116. The van der Waals surface area contributed by atoms with Gasteiger partial charge in [-0.2, -0.15) is 13.2 Å². The molecule has 1 aliphatic rings. The Hall–Kier alpha value is -2.63. The third-order valence-electron chi connectivity index (χ3n) is 4.86. The second kappa shape index (κ2) is 9.70. The van der Waals surface area contributed by atoms with E-state index in [1.165, 1.54) is 36.1 Å². The molecule has 0 N–H and O–H groups in total. The minimum Gasteiger partial charge on any atom is -0.406 e. The third kappa shape index (κ3) is 6.92. The van der Waals surface area contributed by atoms with E-state index in [1.54, 1.807) is 4.90 Å². The van der Waals surface area contributed by atoms with Crippen molar-refractivity contribution >= 4 is 23.4 Å². The van der Waals surface area contributed by atoms with E-state index < -0.39 is 35.8 Å². The first kappa shape index (κ1) is 25.0. The van der Waals surface area contributed by atoms with Crippen molar-refractivity contribution in [3.05, 3.63) is 53.3 Å². The molecule has 2 aromatic rings. The lowest BCUT2D eigenvalue weighted by Gasteiger charge is -2.36. The van der Waals surface area contributed by atoms with Gasteiger partial charge < -0.3 is 14.5 Å². The quantitative estimate of drug-likeness (QED) is 0.396. The number of hydrogen-bond donors (Lipinski definition) is 0. The van der Waals surface area contributed by atoms with Crippen LogP contribution in [0.15, 0.2) is 41.3 Å². The van der Waals surface area contributed by atoms with Gasteiger partial charge in [-0.1, -0.05) is 6.07 Å². The molecule has 0 atom stereocenters. The molecule has 1 amide bonds. The number of rotatable bonds is 5. The van der Waals surface area contributed by atoms with Crippen molar-refractivity contribution < 1.29 is 40.3 Å². The van der Waals surface area contributed by atoms with Crippen LogP contribution in [0.5, 0.6) is 5.75 Å². The summed E-state index contributed by atoms with van der Waals surface area (Å²) in [4.78, 5) is 16.0. The zero-order chi connectivity index (χ0) is 24.4. The van der Waals surface area contributed by atoms with E-state index in [4.69, 9.17) is 0 Å². The molecule has 0 bridgehead atoms. The molecular formula is C21H19F7N2O2S. The van der Waals surface area contributed by atoms with Crippen molar-refractivity contribution in [2.75, 3.05) is 36.8 Å². The molecule has 1 saturated heterocycles. The van der Waals surface area contributed by atoms with Crippen molar-refractivity contribution in [2.45, 2.75) is 24.4 Å². The number of carbonyl (C=O) groups is 1. The SMILES string of the molecule is Cc1cc(F)c(N2CCN(C(=O)c3cccc(OC(F)(F)F)c3)CC2)cc1SCC(F)(F)F. The van der Waals surface area contributed by atoms with Gasteiger partial charge in [-0.3, -0.25) is 4.79 Å². The Bertz CT molecular complexity index is 1000. The fourth-order valence-corrected chi connectivity index (χ4v) is 4.16. The van der Waals surface area contributed by atoms with Crippen LogP contribution in [0.4, 0.5) is 36.4 Å². The summed E-state index contributed by atoms with van der Waals surface area (Å²) in [6.07, 6.45) is -9.25. The lowest BCUT2D eigenvalue weighted by molar-refractivity contribution is -0.274. The standard InChI is InChI=1S/C21H19F7N2O2S/c1-13-9-16(22)17(11-18(13)33-12-20(23,24)25)29-5-7-30(8-6-29)19(31)14-3-2-4-15(10-14)32-21(26,27)28/h2-4,9-11H,5-8,12H2,1H3. The van der Waals surface area contributed by atoms with E-state index in [0.29, 0.717) is 22.2 Å². The van der Waals surface area contributed by atoms with Crippen molar-refractivity contribution in [3.8, 4) is 5.75 Å². The maximum atomic E-state index is 14.5. The first-order valence-electron chi connectivity index (χ1n) is 9.72. The van der Waals surface area contributed by atoms with Gasteiger partial charge in [0.2, 0.25) is 0 Å². The van der Waals surface area contributed by atoms with Gasteiger partial charge in [0.05, 0.1) is 11.4 Å². The number of benzene rings is 2. The highest BCUT2D eigenvalue weighted by Gasteiger charge is 2.32. The van der Waals surface area contributed by atoms with Gasteiger partial charge in [-0.05, 0) is 42.8 Å². The average molecular weight is 496 g/mol. The van der Waals surface area contributed by atoms with Crippen LogP contribution < -0.4 is 9.64 Å². The average Bonchev–Trinajstić information content (AvgIpc) is 2.71. The Morgan fingerprint density at radius 2 is 1.70 bits per heavy atom. The van der Waals surface area contributed by atoms with Crippen LogP contribution in [0.3, 0.4) is 0 Å². The molecule has 1 aliphatic heterocycles. The number of thioether (sulfide) groups is 1. The van der Waals surface area contributed by atoms with E-state index in [1.807, 2.05) is 0 Å². The Labute approximate surface area is 189 Å². The molecule has 33 heavy (non-hydrogen) atoms. The first-order valence-corrected chi connectivity index (χ1v) is 10.7. The molecule has 12 heteroatoms. The number of ether oxygens (including phenoxy) is 1. The molecule has 1 heterocycles. The van der Waals surface area contributed by atoms with Crippen LogP contribution in [0.25, 0.3) is 0 Å². The molecule has 4 nitrogen and oxygen atoms in total. The normalized spacial score (nSPS) is 15.0. The smallest absolute Gasteiger partial charge is 0.406 e. The number of alkyl halides is 6. The zero-order valence-electron chi connectivity index (χ0n) is 17.3. The second-order valence-corrected chi connectivity index (χ2v) is 8.35. The number of halogens is 7. The Kier molecular flexibility index (Phi) is 7.35. The van der Waals surface area contributed by atoms with Crippen LogP contribution >= 0.6 is 11.8 Å². The largest absolute Gasteiger partial charge is 0.573 e. The Morgan fingerprint density at radius 3 is 2.30 bits per heavy atom. The van der Waals surface area contributed by atoms with Gasteiger partial charge in [-0.15, -0.1) is 24.9 Å². The maximum Gasteiger partial charge on any atom is 0.573 e. The lowest BCUT2D eigenvalue weighted by Crippen LogP contribution is -2.49. The summed E-state index contributed by atoms with van der Waals surface area (Å²) < 4.78 is 93.3. The van der Waals surface area contributed by atoms with Crippen LogP contribution in [0.2, 0.25) is 0 Å². The summed E-state index contributed by atoms with van der Waals surface area (Å²) in [6, 6.07) is 7.26. The van der Waals surface area contributed by atoms with Gasteiger partial charge in [0.15, 0.2) is 0 Å². The molecule has 0 spiro atoms. The topological polar surface area (TPSA) is 32.8 Å². The summed E-state index contributed by atoms with van der Waals surface area (Å²) in [5.74, 6) is -2.70. The molecule has 0 aromatic heterocycles. The summed E-state index contributed by atoms with van der Waals surface area (Å²) >= 11 is 0.574. The highest BCUT2D eigenvalue weighted by atomic mass is 32.2. The van der Waals surface area contributed by atoms with Crippen molar-refractivity contribution in [3.63, 3.8) is 0 Å². The van der Waals surface area contributed by atoms with E-state index in [2.05, 4.69) is 4.74 Å². The predicted molar refractivity (Wildman–Crippen MR) is 109 cm³/mol. The lowest BCUT2D eigenvalue weighted by atomic mass is 10.1. The number of carbonyl (C=O) groups excluding carboxylic acids is 1. The van der Waals surface area contributed by atoms with Crippen molar-refractivity contribution in [1.29, 1.82) is 0 Å². The third-order valence-corrected chi connectivity index (χ3v) is 6.08. The highest BCUT2D eigenvalue weighted by Crippen LogP contribution is 2.34. The summed E-state index contributed by atoms with van der Waals surface area (Å²) in [5, 5.41) is 0. The van der Waals surface area contributed by atoms with E-state index in [9.17, 15) is 35.5 Å². The minimum atomic E-state index is -4.89. The Morgan fingerprint density at radius 1 is 1.03 bits per heavy atom. The zero-order valence-corrected chi connectivity index (χ0v) is 18.1. The molecule has 0 saturated carbocycles. The van der Waals surface area contributed by atoms with E-state index >= 15 is 0 Å². The van der Waals surface area contributed by atoms with Crippen molar-refractivity contribution in [2.24, 2.45) is 0 Å². The van der Waals surface area contributed by atoms with Crippen molar-refractivity contribution in [1.82, 2.24) is 4.90 Å². The number of amides is 1. The summed E-state index contributed by atoms with van der Waals surface area (Å²) in [5.41, 5.74) is 0.538. The number of hydrogen-bond acceptors (Lipinski definition) is 4. The van der Waals surface area contributed by atoms with Crippen LogP contribution in [0.1, 0.15) is 15.9 Å². The maximum absolute atomic E-state index is 14.5. The molecule has 0 radical (unpaired) electrons. The number of aryl methyl sites for hydroxylation is 1. The number of piperazine rings is 1. The molecule has 180 valence electrons. The molecule has 0 unspecified atom stereocenters. The fourth-order valence-electron chi connectivity index (χ4n) is 3.36. The summed E-state index contributed by atoms with van der Waals surface area (Å²) in [6.45, 7) is 2.24. The van der Waals surface area contributed by atoms with Crippen LogP contribution in [-0.2, 0) is 0 Å². The van der Waals surface area contributed by atoms with Crippen LogP contribution in [-0.4, -0.2) is 55.3 Å². The summed E-state index contributed by atoms with van der Waals surface area (Å²) in [7, 11) is 0. The predicted octanol–water partition coefficient (Wildman–Crippen LogP) is 5.65. The van der Waals surface area contributed by atoms with Gasteiger partial charge >= 0.3 is 12.5 Å². The van der Waals surface area contributed by atoms with Crippen LogP contribution in [0, 0.1) is 12.7 Å². The highest BCUT2D eigenvalue weighted by molar-refractivity contribution is 7.99. The van der Waals surface area contributed by atoms with E-state index in [0.717, 1.165) is 12.1 Å². The fraction of sp³-hybridized carbons (Fsp3) is 0.381. The monoisotopic (exact) mass is 496 g/mol. The van der Waals surface area contributed by atoms with Gasteiger partial charge in [0.1, 0.15) is 11.6 Å². The molecule has 3 rings (SSSR count). The van der Waals surface area contributed by atoms with Gasteiger partial charge in [0, 0.05) is 36.6 Å².